The van der Waals surface area contributed by atoms with E-state index in [-0.39, 0.29) is 22.1 Å². The van der Waals surface area contributed by atoms with Gasteiger partial charge in [-0.3, -0.25) is 0 Å². The van der Waals surface area contributed by atoms with Crippen LogP contribution in [0.4, 0.5) is 24.8 Å². The van der Waals surface area contributed by atoms with Crippen molar-refractivity contribution >= 4 is 34.1 Å². The van der Waals surface area contributed by atoms with Gasteiger partial charge in [-0.1, -0.05) is 17.7 Å². The molecule has 1 aromatic carbocycles. The number of fused-ring (bicyclic) bond motifs is 1. The number of hydrogen-bond donors (Lipinski definition) is 2. The fourth-order valence-electron chi connectivity index (χ4n) is 3.47. The minimum absolute atomic E-state index is 0.00401. The van der Waals surface area contributed by atoms with E-state index in [9.17, 15) is 13.2 Å². The zero-order valence-electron chi connectivity index (χ0n) is 15.3. The molecule has 3 aromatic rings. The molecule has 3 heterocycles. The smallest absolute Gasteiger partial charge is 0.384 e. The highest BCUT2D eigenvalue weighted by molar-refractivity contribution is 6.34. The molecule has 0 aliphatic carbocycles. The van der Waals surface area contributed by atoms with Crippen molar-refractivity contribution in [2.24, 2.45) is 0 Å². The molecule has 3 N–H and O–H groups in total. The summed E-state index contributed by atoms with van der Waals surface area (Å²) < 4.78 is 39.1. The van der Waals surface area contributed by atoms with Crippen LogP contribution in [-0.4, -0.2) is 47.3 Å². The van der Waals surface area contributed by atoms with Gasteiger partial charge in [0.1, 0.15) is 18.0 Å². The third kappa shape index (κ3) is 4.20. The standard InChI is InChI=1S/C19H18ClF3N6/c20-14-7-13-15(26-10-27-18(13)29-5-3-25-4-6-29)8-12(14)17-11(9-19(21,22)23)1-2-16(24)28-17/h1-2,7-8,10,25H,3-6,9H2,(H2,24,28). The number of anilines is 2. The molecule has 2 aromatic heterocycles. The van der Waals surface area contributed by atoms with Crippen molar-refractivity contribution in [1.82, 2.24) is 20.3 Å². The Balaban J connectivity index is 1.84. The first-order valence-electron chi connectivity index (χ1n) is 9.04. The third-order valence-corrected chi connectivity index (χ3v) is 5.08. The molecule has 1 fully saturated rings. The molecule has 1 saturated heterocycles. The lowest BCUT2D eigenvalue weighted by molar-refractivity contribution is -0.127. The Bertz CT molecular complexity index is 1050. The first kappa shape index (κ1) is 19.7. The molecule has 29 heavy (non-hydrogen) atoms. The van der Waals surface area contributed by atoms with Crippen molar-refractivity contribution in [2.75, 3.05) is 36.8 Å². The van der Waals surface area contributed by atoms with E-state index in [0.717, 1.165) is 37.4 Å². The Morgan fingerprint density at radius 2 is 1.90 bits per heavy atom. The van der Waals surface area contributed by atoms with Crippen molar-refractivity contribution in [3.8, 4) is 11.3 Å². The average Bonchev–Trinajstić information content (AvgIpc) is 2.68. The molecule has 1 aliphatic rings. The molecule has 152 valence electrons. The van der Waals surface area contributed by atoms with E-state index >= 15 is 0 Å². The highest BCUT2D eigenvalue weighted by Crippen LogP contribution is 2.37. The van der Waals surface area contributed by atoms with Gasteiger partial charge in [0, 0.05) is 37.1 Å². The van der Waals surface area contributed by atoms with E-state index in [1.807, 2.05) is 0 Å². The molecule has 4 rings (SSSR count). The van der Waals surface area contributed by atoms with Crippen LogP contribution in [0, 0.1) is 0 Å². The van der Waals surface area contributed by atoms with Gasteiger partial charge in [-0.05, 0) is 23.8 Å². The number of piperazine rings is 1. The van der Waals surface area contributed by atoms with Crippen LogP contribution in [0.1, 0.15) is 5.56 Å². The number of nitrogens with zero attached hydrogens (tertiary/aromatic N) is 4. The predicted molar refractivity (Wildman–Crippen MR) is 107 cm³/mol. The van der Waals surface area contributed by atoms with Gasteiger partial charge in [-0.2, -0.15) is 13.2 Å². The number of halogens is 4. The Kier molecular flexibility index (Phi) is 5.18. The van der Waals surface area contributed by atoms with Crippen LogP contribution in [0.2, 0.25) is 5.02 Å². The summed E-state index contributed by atoms with van der Waals surface area (Å²) in [5, 5.41) is 4.29. The van der Waals surface area contributed by atoms with Crippen LogP contribution in [0.15, 0.2) is 30.6 Å². The van der Waals surface area contributed by atoms with Crippen LogP contribution in [-0.2, 0) is 6.42 Å². The van der Waals surface area contributed by atoms with E-state index in [1.165, 1.54) is 18.5 Å². The molecule has 0 amide bonds. The molecular weight excluding hydrogens is 405 g/mol. The number of nitrogens with one attached hydrogen (secondary N) is 1. The monoisotopic (exact) mass is 422 g/mol. The molecule has 0 radical (unpaired) electrons. The summed E-state index contributed by atoms with van der Waals surface area (Å²) in [6.45, 7) is 3.26. The van der Waals surface area contributed by atoms with Gasteiger partial charge in [0.2, 0.25) is 0 Å². The maximum atomic E-state index is 13.0. The van der Waals surface area contributed by atoms with Gasteiger partial charge < -0.3 is 16.0 Å². The summed E-state index contributed by atoms with van der Waals surface area (Å²) in [7, 11) is 0. The topological polar surface area (TPSA) is 80.0 Å². The minimum Gasteiger partial charge on any atom is -0.384 e. The largest absolute Gasteiger partial charge is 0.393 e. The molecule has 1 aliphatic heterocycles. The number of hydrogen-bond acceptors (Lipinski definition) is 6. The Morgan fingerprint density at radius 1 is 1.14 bits per heavy atom. The lowest BCUT2D eigenvalue weighted by atomic mass is 10.0. The van der Waals surface area contributed by atoms with Crippen LogP contribution < -0.4 is 16.0 Å². The second-order valence-corrected chi connectivity index (χ2v) is 7.23. The molecule has 0 saturated carbocycles. The summed E-state index contributed by atoms with van der Waals surface area (Å²) in [6.07, 6.45) is -4.06. The Hall–Kier alpha value is -2.65. The Labute approximate surface area is 169 Å². The summed E-state index contributed by atoms with van der Waals surface area (Å²) in [5.74, 6) is 0.868. The molecule has 0 unspecified atom stereocenters. The number of aromatic nitrogens is 3. The summed E-state index contributed by atoms with van der Waals surface area (Å²) in [5.41, 5.74) is 6.79. The van der Waals surface area contributed by atoms with E-state index in [2.05, 4.69) is 25.2 Å². The molecule has 6 nitrogen and oxygen atoms in total. The van der Waals surface area contributed by atoms with Gasteiger partial charge in [0.25, 0.3) is 0 Å². The normalized spacial score (nSPS) is 15.1. The summed E-state index contributed by atoms with van der Waals surface area (Å²) >= 11 is 6.50. The number of pyridine rings is 1. The van der Waals surface area contributed by atoms with Crippen LogP contribution in [0.25, 0.3) is 22.2 Å². The van der Waals surface area contributed by atoms with Gasteiger partial charge in [-0.25, -0.2) is 15.0 Å². The van der Waals surface area contributed by atoms with Crippen molar-refractivity contribution in [3.63, 3.8) is 0 Å². The minimum atomic E-state index is -4.38. The maximum absolute atomic E-state index is 13.0. The third-order valence-electron chi connectivity index (χ3n) is 4.77. The van der Waals surface area contributed by atoms with Crippen LogP contribution in [0.5, 0.6) is 0 Å². The van der Waals surface area contributed by atoms with Gasteiger partial charge in [0.15, 0.2) is 0 Å². The van der Waals surface area contributed by atoms with Crippen molar-refractivity contribution in [1.29, 1.82) is 0 Å². The highest BCUT2D eigenvalue weighted by atomic mass is 35.5. The average molecular weight is 423 g/mol. The molecular formula is C19H18ClF3N6. The van der Waals surface area contributed by atoms with E-state index < -0.39 is 12.6 Å². The second kappa shape index (κ2) is 7.64. The first-order chi connectivity index (χ1) is 13.8. The predicted octanol–water partition coefficient (Wildman–Crippen LogP) is 3.44. The lowest BCUT2D eigenvalue weighted by Gasteiger charge is -2.29. The van der Waals surface area contributed by atoms with Crippen molar-refractivity contribution in [2.45, 2.75) is 12.6 Å². The number of nitrogen functional groups attached to an aromatic ring is 1. The number of benzene rings is 1. The molecule has 10 heteroatoms. The SMILES string of the molecule is Nc1ccc(CC(F)(F)F)c(-c2cc3ncnc(N4CCNCC4)c3cc2Cl)n1. The van der Waals surface area contributed by atoms with E-state index in [4.69, 9.17) is 17.3 Å². The highest BCUT2D eigenvalue weighted by Gasteiger charge is 2.30. The molecule has 0 spiro atoms. The van der Waals surface area contributed by atoms with Crippen LogP contribution >= 0.6 is 11.6 Å². The van der Waals surface area contributed by atoms with Crippen molar-refractivity contribution in [3.05, 3.63) is 41.2 Å². The molecule has 0 bridgehead atoms. The van der Waals surface area contributed by atoms with Gasteiger partial charge >= 0.3 is 6.18 Å². The fourth-order valence-corrected chi connectivity index (χ4v) is 3.72. The summed E-state index contributed by atoms with van der Waals surface area (Å²) in [4.78, 5) is 15.0. The van der Waals surface area contributed by atoms with E-state index in [0.29, 0.717) is 11.1 Å². The van der Waals surface area contributed by atoms with Gasteiger partial charge in [0.05, 0.1) is 22.7 Å². The number of rotatable bonds is 3. The molecule has 0 atom stereocenters. The Morgan fingerprint density at radius 3 is 2.62 bits per heavy atom. The van der Waals surface area contributed by atoms with Crippen molar-refractivity contribution < 1.29 is 13.2 Å². The number of alkyl halides is 3. The van der Waals surface area contributed by atoms with Crippen LogP contribution in [0.3, 0.4) is 0 Å². The summed E-state index contributed by atoms with van der Waals surface area (Å²) in [6, 6.07) is 6.01. The lowest BCUT2D eigenvalue weighted by Crippen LogP contribution is -2.44. The second-order valence-electron chi connectivity index (χ2n) is 6.82. The zero-order chi connectivity index (χ0) is 20.6. The van der Waals surface area contributed by atoms with E-state index in [1.54, 1.807) is 12.1 Å². The number of nitrogens with two attached hydrogens (primary N) is 1. The quantitative estimate of drug-likeness (QED) is 0.673. The maximum Gasteiger partial charge on any atom is 0.393 e. The fraction of sp³-hybridized carbons (Fsp3) is 0.316. The first-order valence-corrected chi connectivity index (χ1v) is 9.42. The zero-order valence-corrected chi connectivity index (χ0v) is 16.1. The van der Waals surface area contributed by atoms with Gasteiger partial charge in [-0.15, -0.1) is 0 Å².